The molecule has 1 fully saturated rings. The number of carbonyl (C=O) groups is 2. The number of aliphatic carboxylic acids is 2. The number of hydrogen-bond donors (Lipinski definition) is 2. The van der Waals surface area contributed by atoms with Gasteiger partial charge in [0.1, 0.15) is 5.76 Å². The van der Waals surface area contributed by atoms with Crippen molar-refractivity contribution in [1.29, 1.82) is 0 Å². The Kier molecular flexibility index (Phi) is 9.93. The third-order valence-electron chi connectivity index (χ3n) is 5.21. The third kappa shape index (κ3) is 9.18. The summed E-state index contributed by atoms with van der Waals surface area (Å²) in [5, 5.41) is 18.9. The van der Waals surface area contributed by atoms with Crippen LogP contribution in [0.5, 0.6) is 0 Å². The van der Waals surface area contributed by atoms with Crippen molar-refractivity contribution in [2.24, 2.45) is 5.92 Å². The van der Waals surface area contributed by atoms with E-state index in [4.69, 9.17) is 29.0 Å². The molecule has 15 heteroatoms. The predicted octanol–water partition coefficient (Wildman–Crippen LogP) is 3.90. The highest BCUT2D eigenvalue weighted by Gasteiger charge is 2.39. The monoisotopic (exact) mass is 529 g/mol. The molecule has 2 aliphatic rings. The first-order valence-corrected chi connectivity index (χ1v) is 10.6. The van der Waals surface area contributed by atoms with Crippen LogP contribution in [0.15, 0.2) is 29.0 Å². The van der Waals surface area contributed by atoms with Gasteiger partial charge in [-0.3, -0.25) is 9.58 Å². The Bertz CT molecular complexity index is 961. The van der Waals surface area contributed by atoms with Crippen LogP contribution < -0.4 is 0 Å². The van der Waals surface area contributed by atoms with Crippen LogP contribution >= 0.6 is 0 Å². The molecule has 0 aromatic carbocycles. The number of carboxylic acid groups (broad SMARTS) is 2. The highest BCUT2D eigenvalue weighted by atomic mass is 19.4. The van der Waals surface area contributed by atoms with Gasteiger partial charge in [0, 0.05) is 38.2 Å². The molecule has 36 heavy (non-hydrogen) atoms. The zero-order valence-electron chi connectivity index (χ0n) is 19.1. The Morgan fingerprint density at radius 1 is 1.14 bits per heavy atom. The SMILES string of the molecule is COCC1CN(Cc2ccco2)Cc2c1cnn2CC1CC1.O=C(O)C(F)(F)F.O=C(O)C(F)(F)F. The molecule has 0 bridgehead atoms. The van der Waals surface area contributed by atoms with Crippen LogP contribution in [0.1, 0.15) is 35.8 Å². The van der Waals surface area contributed by atoms with Gasteiger partial charge < -0.3 is 19.4 Å². The Morgan fingerprint density at radius 2 is 1.72 bits per heavy atom. The van der Waals surface area contributed by atoms with Gasteiger partial charge in [0.2, 0.25) is 0 Å². The summed E-state index contributed by atoms with van der Waals surface area (Å²) in [7, 11) is 1.78. The zero-order valence-corrected chi connectivity index (χ0v) is 19.1. The average Bonchev–Trinajstić information content (AvgIpc) is 3.26. The summed E-state index contributed by atoms with van der Waals surface area (Å²) in [6, 6.07) is 4.00. The summed E-state index contributed by atoms with van der Waals surface area (Å²) < 4.78 is 76.6. The van der Waals surface area contributed by atoms with Crippen molar-refractivity contribution in [3.63, 3.8) is 0 Å². The standard InChI is InChI=1S/C17H23N3O2.2C2HF3O2/c1-21-12-14-9-19(10-15-3-2-6-22-15)11-17-16(14)7-18-20(17)8-13-4-5-13;2*3-2(4,5)1(6)7/h2-3,6-7,13-14H,4-5,8-12H2,1H3;2*(H,6,7). The molecule has 3 heterocycles. The summed E-state index contributed by atoms with van der Waals surface area (Å²) in [4.78, 5) is 20.2. The van der Waals surface area contributed by atoms with Crippen LogP contribution in [0, 0.1) is 5.92 Å². The second-order valence-corrected chi connectivity index (χ2v) is 8.18. The average molecular weight is 529 g/mol. The van der Waals surface area contributed by atoms with Crippen LogP contribution in [-0.4, -0.2) is 69.4 Å². The number of fused-ring (bicyclic) bond motifs is 1. The minimum absolute atomic E-state index is 0.400. The normalized spacial score (nSPS) is 17.8. The van der Waals surface area contributed by atoms with Gasteiger partial charge in [0.25, 0.3) is 0 Å². The number of hydrogen-bond acceptors (Lipinski definition) is 6. The van der Waals surface area contributed by atoms with Crippen molar-refractivity contribution in [2.75, 3.05) is 20.3 Å². The smallest absolute Gasteiger partial charge is 0.475 e. The lowest BCUT2D eigenvalue weighted by Gasteiger charge is -2.32. The van der Waals surface area contributed by atoms with Gasteiger partial charge in [0.15, 0.2) is 0 Å². The first-order valence-electron chi connectivity index (χ1n) is 10.6. The van der Waals surface area contributed by atoms with E-state index in [-0.39, 0.29) is 0 Å². The Balaban J connectivity index is 0.000000271. The molecule has 0 amide bonds. The van der Waals surface area contributed by atoms with E-state index < -0.39 is 24.3 Å². The molecule has 9 nitrogen and oxygen atoms in total. The molecule has 0 saturated heterocycles. The number of ether oxygens (including phenoxy) is 1. The van der Waals surface area contributed by atoms with Crippen molar-refractivity contribution in [2.45, 2.75) is 50.7 Å². The van der Waals surface area contributed by atoms with E-state index in [1.165, 1.54) is 24.1 Å². The molecule has 2 N–H and O–H groups in total. The lowest BCUT2D eigenvalue weighted by Crippen LogP contribution is -2.35. The lowest BCUT2D eigenvalue weighted by atomic mass is 9.95. The van der Waals surface area contributed by atoms with Crippen LogP contribution in [0.4, 0.5) is 26.3 Å². The van der Waals surface area contributed by atoms with Crippen LogP contribution in [-0.2, 0) is 34.0 Å². The molecule has 2 aromatic rings. The summed E-state index contributed by atoms with van der Waals surface area (Å²) >= 11 is 0. The predicted molar refractivity (Wildman–Crippen MR) is 110 cm³/mol. The highest BCUT2D eigenvalue weighted by Crippen LogP contribution is 2.34. The lowest BCUT2D eigenvalue weighted by molar-refractivity contribution is -0.193. The molecule has 0 spiro atoms. The molecule has 202 valence electrons. The molecule has 2 aromatic heterocycles. The Hall–Kier alpha value is -3.07. The summed E-state index contributed by atoms with van der Waals surface area (Å²) in [5.41, 5.74) is 2.74. The van der Waals surface area contributed by atoms with Gasteiger partial charge in [-0.25, -0.2) is 9.59 Å². The first kappa shape index (κ1) is 29.2. The number of halogens is 6. The van der Waals surface area contributed by atoms with Gasteiger partial charge >= 0.3 is 24.3 Å². The van der Waals surface area contributed by atoms with Gasteiger partial charge in [-0.05, 0) is 30.9 Å². The zero-order chi connectivity index (χ0) is 27.1. The van der Waals surface area contributed by atoms with Crippen LogP contribution in [0.2, 0.25) is 0 Å². The number of aromatic nitrogens is 2. The maximum absolute atomic E-state index is 10.6. The number of methoxy groups -OCH3 is 1. The minimum atomic E-state index is -5.08. The molecule has 1 saturated carbocycles. The van der Waals surface area contributed by atoms with E-state index in [9.17, 15) is 26.3 Å². The second kappa shape index (κ2) is 12.3. The van der Waals surface area contributed by atoms with Crippen molar-refractivity contribution in [3.8, 4) is 0 Å². The van der Waals surface area contributed by atoms with E-state index >= 15 is 0 Å². The number of carboxylic acids is 2. The third-order valence-corrected chi connectivity index (χ3v) is 5.21. The van der Waals surface area contributed by atoms with E-state index in [0.717, 1.165) is 44.5 Å². The Labute approximate surface area is 201 Å². The van der Waals surface area contributed by atoms with Crippen LogP contribution in [0.25, 0.3) is 0 Å². The minimum Gasteiger partial charge on any atom is -0.475 e. The Morgan fingerprint density at radius 3 is 2.17 bits per heavy atom. The van der Waals surface area contributed by atoms with E-state index in [1.807, 2.05) is 12.1 Å². The summed E-state index contributed by atoms with van der Waals surface area (Å²) in [6.07, 6.45) is -3.65. The first-order chi connectivity index (χ1) is 16.7. The van der Waals surface area contributed by atoms with Gasteiger partial charge in [0.05, 0.1) is 31.3 Å². The molecule has 1 aliphatic heterocycles. The van der Waals surface area contributed by atoms with Crippen molar-refractivity contribution in [3.05, 3.63) is 41.6 Å². The van der Waals surface area contributed by atoms with Crippen molar-refractivity contribution < 1.29 is 55.3 Å². The van der Waals surface area contributed by atoms with E-state index in [0.29, 0.717) is 5.92 Å². The summed E-state index contributed by atoms with van der Waals surface area (Å²) in [6.45, 7) is 4.61. The molecular weight excluding hydrogens is 504 g/mol. The molecule has 1 atom stereocenters. The number of nitrogens with zero attached hydrogens (tertiary/aromatic N) is 3. The quantitative estimate of drug-likeness (QED) is 0.542. The second-order valence-electron chi connectivity index (χ2n) is 8.18. The number of rotatable bonds is 6. The fourth-order valence-electron chi connectivity index (χ4n) is 3.41. The molecular formula is C21H25F6N3O6. The van der Waals surface area contributed by atoms with Crippen molar-refractivity contribution >= 4 is 11.9 Å². The fraction of sp³-hybridized carbons (Fsp3) is 0.571. The molecule has 1 aliphatic carbocycles. The van der Waals surface area contributed by atoms with Gasteiger partial charge in [-0.15, -0.1) is 0 Å². The molecule has 4 rings (SSSR count). The number of alkyl halides is 6. The van der Waals surface area contributed by atoms with E-state index in [2.05, 4.69) is 20.9 Å². The molecule has 1 unspecified atom stereocenters. The van der Waals surface area contributed by atoms with Crippen molar-refractivity contribution in [1.82, 2.24) is 14.7 Å². The maximum Gasteiger partial charge on any atom is 0.490 e. The fourth-order valence-corrected chi connectivity index (χ4v) is 3.41. The summed E-state index contributed by atoms with van der Waals surface area (Å²) in [5.74, 6) is -3.25. The van der Waals surface area contributed by atoms with Crippen LogP contribution in [0.3, 0.4) is 0 Å². The van der Waals surface area contributed by atoms with Gasteiger partial charge in [-0.1, -0.05) is 0 Å². The van der Waals surface area contributed by atoms with Gasteiger partial charge in [-0.2, -0.15) is 31.4 Å². The maximum atomic E-state index is 10.6. The topological polar surface area (TPSA) is 118 Å². The molecule has 0 radical (unpaired) electrons. The highest BCUT2D eigenvalue weighted by molar-refractivity contribution is 5.73. The van der Waals surface area contributed by atoms with E-state index in [1.54, 1.807) is 13.4 Å². The largest absolute Gasteiger partial charge is 0.490 e. The number of furan rings is 1.